The van der Waals surface area contributed by atoms with E-state index in [-0.39, 0.29) is 6.04 Å². The van der Waals surface area contributed by atoms with Crippen LogP contribution in [0.1, 0.15) is 36.4 Å². The van der Waals surface area contributed by atoms with E-state index >= 15 is 0 Å². The van der Waals surface area contributed by atoms with Crippen LogP contribution in [-0.4, -0.2) is 24.3 Å². The summed E-state index contributed by atoms with van der Waals surface area (Å²) in [4.78, 5) is 7.40. The van der Waals surface area contributed by atoms with Crippen molar-refractivity contribution in [3.8, 4) is 11.5 Å². The normalized spacial score (nSPS) is 21.4. The molecule has 0 saturated carbocycles. The number of allylic oxidation sites excluding steroid dienone is 1. The molecule has 0 saturated heterocycles. The Morgan fingerprint density at radius 1 is 0.967 bits per heavy atom. The number of hydrogen-bond donors (Lipinski definition) is 0. The molecule has 2 aromatic rings. The van der Waals surface area contributed by atoms with E-state index in [0.29, 0.717) is 0 Å². The number of hydrogen-bond acceptors (Lipinski definition) is 5. The highest BCUT2D eigenvalue weighted by atomic mass is 32.2. The second-order valence-corrected chi connectivity index (χ2v) is 8.42. The Morgan fingerprint density at radius 3 is 2.37 bits per heavy atom. The molecule has 5 heteroatoms. The third kappa shape index (κ3) is 3.43. The van der Waals surface area contributed by atoms with Gasteiger partial charge in [0.15, 0.2) is 5.17 Å². The van der Waals surface area contributed by atoms with Gasteiger partial charge in [0, 0.05) is 6.20 Å². The zero-order valence-corrected chi connectivity index (χ0v) is 18.0. The Balaban J connectivity index is 1.57. The molecule has 3 aliphatic rings. The fraction of sp³-hybridized carbons (Fsp3) is 0.240. The number of ether oxygens (including phenoxy) is 2. The van der Waals surface area contributed by atoms with Gasteiger partial charge in [-0.2, -0.15) is 0 Å². The molecule has 1 aliphatic carbocycles. The second kappa shape index (κ2) is 8.07. The molecule has 0 amide bonds. The van der Waals surface area contributed by atoms with Gasteiger partial charge in [0.05, 0.1) is 26.0 Å². The topological polar surface area (TPSA) is 34.1 Å². The van der Waals surface area contributed by atoms with E-state index in [1.54, 1.807) is 26.0 Å². The van der Waals surface area contributed by atoms with E-state index in [1.165, 1.54) is 28.0 Å². The molecule has 0 spiro atoms. The molecule has 0 radical (unpaired) electrons. The summed E-state index contributed by atoms with van der Waals surface area (Å²) in [5.74, 6) is 1.76. The van der Waals surface area contributed by atoms with Gasteiger partial charge in [0.2, 0.25) is 0 Å². The Kier molecular flexibility index (Phi) is 5.13. The number of thioether (sulfide) groups is 1. The number of fused-ring (bicyclic) bond motifs is 1. The molecule has 1 unspecified atom stereocenters. The number of rotatable bonds is 4. The smallest absolute Gasteiger partial charge is 0.173 e. The van der Waals surface area contributed by atoms with Crippen molar-refractivity contribution < 1.29 is 9.47 Å². The van der Waals surface area contributed by atoms with Gasteiger partial charge in [-0.25, -0.2) is 4.99 Å². The minimum Gasteiger partial charge on any atom is -0.497 e. The van der Waals surface area contributed by atoms with Crippen molar-refractivity contribution >= 4 is 23.0 Å². The summed E-state index contributed by atoms with van der Waals surface area (Å²) in [6, 6.07) is 16.9. The molecule has 1 atom stereocenters. The molecule has 0 bridgehead atoms. The van der Waals surface area contributed by atoms with Crippen LogP contribution >= 0.6 is 11.8 Å². The van der Waals surface area contributed by atoms with Crippen LogP contribution in [0, 0.1) is 0 Å². The van der Waals surface area contributed by atoms with E-state index in [4.69, 9.17) is 14.5 Å². The Labute approximate surface area is 181 Å². The van der Waals surface area contributed by atoms with Crippen LogP contribution in [0.2, 0.25) is 0 Å². The van der Waals surface area contributed by atoms with E-state index in [1.807, 2.05) is 24.3 Å². The van der Waals surface area contributed by atoms with Crippen molar-refractivity contribution in [2.75, 3.05) is 14.2 Å². The summed E-state index contributed by atoms with van der Waals surface area (Å²) >= 11 is 1.69. The summed E-state index contributed by atoms with van der Waals surface area (Å²) in [5, 5.41) is 3.18. The molecule has 0 aromatic heterocycles. The highest BCUT2D eigenvalue weighted by molar-refractivity contribution is 8.16. The average molecular weight is 417 g/mol. The highest BCUT2D eigenvalue weighted by Gasteiger charge is 2.36. The number of benzene rings is 2. The fourth-order valence-corrected chi connectivity index (χ4v) is 5.08. The largest absolute Gasteiger partial charge is 0.497 e. The quantitative estimate of drug-likeness (QED) is 0.598. The van der Waals surface area contributed by atoms with Gasteiger partial charge in [-0.15, -0.1) is 0 Å². The van der Waals surface area contributed by atoms with E-state index in [2.05, 4.69) is 46.8 Å². The van der Waals surface area contributed by atoms with Crippen molar-refractivity contribution in [2.24, 2.45) is 4.99 Å². The Bertz CT molecular complexity index is 1070. The Hall–Kier alpha value is -2.92. The average Bonchev–Trinajstić information content (AvgIpc) is 3.27. The highest BCUT2D eigenvalue weighted by Crippen LogP contribution is 2.47. The zero-order chi connectivity index (χ0) is 20.5. The van der Waals surface area contributed by atoms with Crippen molar-refractivity contribution in [3.63, 3.8) is 0 Å². The maximum absolute atomic E-state index is 5.36. The first-order chi connectivity index (χ1) is 14.8. The Morgan fingerprint density at radius 2 is 1.67 bits per heavy atom. The molecular formula is C25H24N2O2S. The first kappa shape index (κ1) is 19.1. The van der Waals surface area contributed by atoms with Gasteiger partial charge >= 0.3 is 0 Å². The van der Waals surface area contributed by atoms with Gasteiger partial charge in [-0.05, 0) is 77.3 Å². The molecule has 2 heterocycles. The monoisotopic (exact) mass is 416 g/mol. The lowest BCUT2D eigenvalue weighted by atomic mass is 9.83. The van der Waals surface area contributed by atoms with Crippen molar-refractivity contribution in [1.29, 1.82) is 0 Å². The first-order valence-corrected chi connectivity index (χ1v) is 11.1. The molecule has 30 heavy (non-hydrogen) atoms. The third-order valence-electron chi connectivity index (χ3n) is 5.82. The number of amidine groups is 1. The lowest BCUT2D eigenvalue weighted by Gasteiger charge is -2.37. The molecular weight excluding hydrogens is 392 g/mol. The molecule has 2 aliphatic heterocycles. The van der Waals surface area contributed by atoms with Gasteiger partial charge < -0.3 is 14.4 Å². The van der Waals surface area contributed by atoms with Crippen molar-refractivity contribution in [2.45, 2.75) is 25.3 Å². The van der Waals surface area contributed by atoms with Gasteiger partial charge in [0.25, 0.3) is 0 Å². The van der Waals surface area contributed by atoms with Gasteiger partial charge in [-0.1, -0.05) is 36.0 Å². The predicted molar refractivity (Wildman–Crippen MR) is 124 cm³/mol. The summed E-state index contributed by atoms with van der Waals surface area (Å²) in [5.41, 5.74) is 6.34. The number of methoxy groups -OCH3 is 2. The maximum atomic E-state index is 5.36. The van der Waals surface area contributed by atoms with Crippen LogP contribution in [0.5, 0.6) is 11.5 Å². The molecule has 5 rings (SSSR count). The summed E-state index contributed by atoms with van der Waals surface area (Å²) in [7, 11) is 3.40. The molecule has 0 fully saturated rings. The van der Waals surface area contributed by atoms with Crippen LogP contribution in [0.4, 0.5) is 0 Å². The van der Waals surface area contributed by atoms with Crippen LogP contribution in [-0.2, 0) is 0 Å². The molecule has 4 nitrogen and oxygen atoms in total. The van der Waals surface area contributed by atoms with E-state index < -0.39 is 0 Å². The SMILES string of the molecule is COc1ccc(/C=C2\CCCC3=C2N=C2SC=CN2C3c2ccc(OC)cc2)cc1. The maximum Gasteiger partial charge on any atom is 0.173 e. The van der Waals surface area contributed by atoms with Gasteiger partial charge in [-0.3, -0.25) is 0 Å². The van der Waals surface area contributed by atoms with Crippen LogP contribution in [0.3, 0.4) is 0 Å². The summed E-state index contributed by atoms with van der Waals surface area (Å²) in [6.07, 6.45) is 7.70. The predicted octanol–water partition coefficient (Wildman–Crippen LogP) is 6.16. The lowest BCUT2D eigenvalue weighted by Crippen LogP contribution is -2.32. The van der Waals surface area contributed by atoms with Crippen molar-refractivity contribution in [1.82, 2.24) is 4.90 Å². The second-order valence-electron chi connectivity index (χ2n) is 7.55. The fourth-order valence-electron chi connectivity index (χ4n) is 4.34. The van der Waals surface area contributed by atoms with Crippen LogP contribution in [0.25, 0.3) is 6.08 Å². The summed E-state index contributed by atoms with van der Waals surface area (Å²) < 4.78 is 10.7. The van der Waals surface area contributed by atoms with Crippen LogP contribution in [0.15, 0.2) is 82.0 Å². The lowest BCUT2D eigenvalue weighted by molar-refractivity contribution is 0.412. The van der Waals surface area contributed by atoms with E-state index in [0.717, 1.165) is 35.9 Å². The molecule has 0 N–H and O–H groups in total. The molecule has 2 aromatic carbocycles. The van der Waals surface area contributed by atoms with Crippen LogP contribution < -0.4 is 9.47 Å². The van der Waals surface area contributed by atoms with E-state index in [9.17, 15) is 0 Å². The minimum atomic E-state index is 0.184. The van der Waals surface area contributed by atoms with Crippen molar-refractivity contribution in [3.05, 3.63) is 88.1 Å². The summed E-state index contributed by atoms with van der Waals surface area (Å²) in [6.45, 7) is 0. The third-order valence-corrected chi connectivity index (χ3v) is 6.59. The number of aliphatic imine (C=N–C) groups is 1. The van der Waals surface area contributed by atoms with Gasteiger partial charge in [0.1, 0.15) is 11.5 Å². The zero-order valence-electron chi connectivity index (χ0n) is 17.2. The number of nitrogens with zero attached hydrogens (tertiary/aromatic N) is 2. The standard InChI is InChI=1S/C25H24N2O2S/c1-28-20-10-6-17(7-11-20)16-19-4-3-5-22-23(19)26-25-27(14-15-30-25)24(22)18-8-12-21(29-2)13-9-18/h6-16,24H,3-5H2,1-2H3/b19-16+. The molecule has 152 valence electrons. The first-order valence-electron chi connectivity index (χ1n) is 10.2. The minimum absolute atomic E-state index is 0.184.